The van der Waals surface area contributed by atoms with Crippen molar-refractivity contribution in [3.05, 3.63) is 54.1 Å². The number of nitrogens with two attached hydrogens (primary N) is 1. The number of ether oxygens (including phenoxy) is 1. The fraction of sp³-hybridized carbons (Fsp3) is 0.294. The van der Waals surface area contributed by atoms with E-state index in [2.05, 4.69) is 42.2 Å². The molecule has 0 aliphatic heterocycles. The molecule has 0 aliphatic carbocycles. The van der Waals surface area contributed by atoms with E-state index in [4.69, 9.17) is 10.5 Å². The van der Waals surface area contributed by atoms with Crippen LogP contribution in [0.1, 0.15) is 24.9 Å². The summed E-state index contributed by atoms with van der Waals surface area (Å²) in [4.78, 5) is 2.13. The topological polar surface area (TPSA) is 38.5 Å². The third-order valence-electron chi connectivity index (χ3n) is 3.59. The minimum absolute atomic E-state index is 0.117. The van der Waals surface area contributed by atoms with Gasteiger partial charge in [-0.1, -0.05) is 25.1 Å². The minimum atomic E-state index is 0.117. The van der Waals surface area contributed by atoms with E-state index >= 15 is 0 Å². The molecule has 3 nitrogen and oxygen atoms in total. The number of anilines is 2. The Morgan fingerprint density at radius 2 is 1.80 bits per heavy atom. The van der Waals surface area contributed by atoms with Crippen molar-refractivity contribution in [2.45, 2.75) is 19.4 Å². The number of benzene rings is 2. The van der Waals surface area contributed by atoms with E-state index in [1.165, 1.54) is 5.56 Å². The van der Waals surface area contributed by atoms with Crippen LogP contribution in [-0.2, 0) is 0 Å². The summed E-state index contributed by atoms with van der Waals surface area (Å²) in [6.45, 7) is 2.10. The normalized spacial score (nSPS) is 12.0. The van der Waals surface area contributed by atoms with Crippen molar-refractivity contribution in [1.82, 2.24) is 0 Å². The van der Waals surface area contributed by atoms with E-state index in [1.807, 2.05) is 25.2 Å². The first-order valence-electron chi connectivity index (χ1n) is 6.89. The highest BCUT2D eigenvalue weighted by molar-refractivity contribution is 5.64. The Bertz CT molecular complexity index is 551. The van der Waals surface area contributed by atoms with Gasteiger partial charge in [0.2, 0.25) is 0 Å². The number of hydrogen-bond acceptors (Lipinski definition) is 3. The van der Waals surface area contributed by atoms with Gasteiger partial charge >= 0.3 is 0 Å². The highest BCUT2D eigenvalue weighted by Crippen LogP contribution is 2.27. The van der Waals surface area contributed by atoms with Crippen LogP contribution >= 0.6 is 0 Å². The molecule has 2 aromatic carbocycles. The van der Waals surface area contributed by atoms with E-state index in [1.54, 1.807) is 7.11 Å². The van der Waals surface area contributed by atoms with Crippen LogP contribution in [-0.4, -0.2) is 14.2 Å². The first kappa shape index (κ1) is 14.4. The van der Waals surface area contributed by atoms with Crippen molar-refractivity contribution < 1.29 is 4.74 Å². The Labute approximate surface area is 121 Å². The summed E-state index contributed by atoms with van der Waals surface area (Å²) in [7, 11) is 3.73. The van der Waals surface area contributed by atoms with Crippen molar-refractivity contribution >= 4 is 11.4 Å². The molecule has 3 heteroatoms. The van der Waals surface area contributed by atoms with Crippen LogP contribution in [0.3, 0.4) is 0 Å². The largest absolute Gasteiger partial charge is 0.497 e. The average molecular weight is 270 g/mol. The zero-order chi connectivity index (χ0) is 14.5. The molecule has 0 saturated heterocycles. The molecule has 2 N–H and O–H groups in total. The second kappa shape index (κ2) is 6.44. The van der Waals surface area contributed by atoms with Crippen molar-refractivity contribution in [2.75, 3.05) is 19.1 Å². The fourth-order valence-electron chi connectivity index (χ4n) is 2.15. The number of hydrogen-bond donors (Lipinski definition) is 1. The number of methoxy groups -OCH3 is 1. The first-order valence-corrected chi connectivity index (χ1v) is 6.89. The molecule has 20 heavy (non-hydrogen) atoms. The lowest BCUT2D eigenvalue weighted by Gasteiger charge is -2.21. The summed E-state index contributed by atoms with van der Waals surface area (Å²) in [5.41, 5.74) is 9.44. The third-order valence-corrected chi connectivity index (χ3v) is 3.59. The number of nitrogens with zero attached hydrogens (tertiary/aromatic N) is 1. The maximum Gasteiger partial charge on any atom is 0.120 e. The van der Waals surface area contributed by atoms with Gasteiger partial charge in [-0.15, -0.1) is 0 Å². The van der Waals surface area contributed by atoms with E-state index in [0.717, 1.165) is 23.5 Å². The van der Waals surface area contributed by atoms with Crippen LogP contribution in [0.25, 0.3) is 0 Å². The molecule has 1 atom stereocenters. The molecule has 0 aromatic heterocycles. The maximum absolute atomic E-state index is 6.04. The van der Waals surface area contributed by atoms with Crippen LogP contribution in [0.4, 0.5) is 11.4 Å². The van der Waals surface area contributed by atoms with Crippen LogP contribution in [0.5, 0.6) is 5.75 Å². The lowest BCUT2D eigenvalue weighted by atomic mass is 10.1. The predicted octanol–water partition coefficient (Wildman–Crippen LogP) is 3.87. The molecule has 0 spiro atoms. The highest BCUT2D eigenvalue weighted by atomic mass is 16.5. The van der Waals surface area contributed by atoms with Crippen LogP contribution < -0.4 is 15.4 Å². The van der Waals surface area contributed by atoms with E-state index < -0.39 is 0 Å². The van der Waals surface area contributed by atoms with Gasteiger partial charge in [0.15, 0.2) is 0 Å². The zero-order valence-corrected chi connectivity index (χ0v) is 12.3. The van der Waals surface area contributed by atoms with Gasteiger partial charge in [-0.3, -0.25) is 0 Å². The molecule has 0 fully saturated rings. The molecule has 106 valence electrons. The molecule has 0 saturated carbocycles. The maximum atomic E-state index is 6.04. The molecular weight excluding hydrogens is 248 g/mol. The van der Waals surface area contributed by atoms with Crippen LogP contribution in [0.2, 0.25) is 0 Å². The molecular formula is C17H22N2O. The summed E-state index contributed by atoms with van der Waals surface area (Å²) < 4.78 is 5.26. The fourth-order valence-corrected chi connectivity index (χ4v) is 2.15. The van der Waals surface area contributed by atoms with Gasteiger partial charge in [-0.05, 0) is 36.2 Å². The molecule has 2 rings (SSSR count). The zero-order valence-electron chi connectivity index (χ0n) is 12.3. The minimum Gasteiger partial charge on any atom is -0.497 e. The molecule has 0 aliphatic rings. The highest BCUT2D eigenvalue weighted by Gasteiger charge is 2.07. The van der Waals surface area contributed by atoms with Gasteiger partial charge in [-0.25, -0.2) is 0 Å². The predicted molar refractivity (Wildman–Crippen MR) is 84.7 cm³/mol. The Morgan fingerprint density at radius 1 is 1.10 bits per heavy atom. The van der Waals surface area contributed by atoms with E-state index in [0.29, 0.717) is 0 Å². The Morgan fingerprint density at radius 3 is 2.40 bits per heavy atom. The second-order valence-electron chi connectivity index (χ2n) is 4.87. The molecule has 2 aromatic rings. The van der Waals surface area contributed by atoms with Crippen molar-refractivity contribution in [1.29, 1.82) is 0 Å². The second-order valence-corrected chi connectivity index (χ2v) is 4.87. The third kappa shape index (κ3) is 3.11. The Balaban J connectivity index is 2.22. The Kier molecular flexibility index (Phi) is 4.64. The molecule has 0 radical (unpaired) electrons. The lowest BCUT2D eigenvalue weighted by Crippen LogP contribution is -2.11. The summed E-state index contributed by atoms with van der Waals surface area (Å²) in [5, 5.41) is 0. The molecule has 0 bridgehead atoms. The average Bonchev–Trinajstić information content (AvgIpc) is 2.53. The van der Waals surface area contributed by atoms with E-state index in [-0.39, 0.29) is 6.04 Å². The standard InChI is InChI=1S/C17H22N2O/c1-4-17(18)13-8-10-14(11-9-13)19(2)15-6-5-7-16(12-15)20-3/h5-12,17H,4,18H2,1-3H3/t17-/m0/s1. The summed E-state index contributed by atoms with van der Waals surface area (Å²) in [6, 6.07) is 16.5. The van der Waals surface area contributed by atoms with Gasteiger partial charge in [0, 0.05) is 30.5 Å². The SMILES string of the molecule is CC[C@H](N)c1ccc(N(C)c2cccc(OC)c2)cc1. The van der Waals surface area contributed by atoms with E-state index in [9.17, 15) is 0 Å². The lowest BCUT2D eigenvalue weighted by molar-refractivity contribution is 0.415. The summed E-state index contributed by atoms with van der Waals surface area (Å²) >= 11 is 0. The molecule has 0 unspecified atom stereocenters. The van der Waals surface area contributed by atoms with Crippen molar-refractivity contribution in [2.24, 2.45) is 5.73 Å². The quantitative estimate of drug-likeness (QED) is 0.896. The molecule has 0 amide bonds. The van der Waals surface area contributed by atoms with Gasteiger partial charge in [-0.2, -0.15) is 0 Å². The number of rotatable bonds is 5. The monoisotopic (exact) mass is 270 g/mol. The van der Waals surface area contributed by atoms with Gasteiger partial charge in [0.25, 0.3) is 0 Å². The Hall–Kier alpha value is -2.00. The van der Waals surface area contributed by atoms with Gasteiger partial charge in [0.05, 0.1) is 7.11 Å². The van der Waals surface area contributed by atoms with Gasteiger partial charge < -0.3 is 15.4 Å². The summed E-state index contributed by atoms with van der Waals surface area (Å²) in [5.74, 6) is 0.860. The van der Waals surface area contributed by atoms with Crippen molar-refractivity contribution in [3.8, 4) is 5.75 Å². The van der Waals surface area contributed by atoms with Crippen molar-refractivity contribution in [3.63, 3.8) is 0 Å². The van der Waals surface area contributed by atoms with Gasteiger partial charge in [0.1, 0.15) is 5.75 Å². The molecule has 0 heterocycles. The van der Waals surface area contributed by atoms with Crippen LogP contribution in [0.15, 0.2) is 48.5 Å². The summed E-state index contributed by atoms with van der Waals surface area (Å²) in [6.07, 6.45) is 0.949. The van der Waals surface area contributed by atoms with Crippen LogP contribution in [0, 0.1) is 0 Å². The smallest absolute Gasteiger partial charge is 0.120 e. The first-order chi connectivity index (χ1) is 9.65.